The summed E-state index contributed by atoms with van der Waals surface area (Å²) in [6, 6.07) is 10.5. The number of benzene rings is 1. The molecule has 2 heteroatoms. The van der Waals surface area contributed by atoms with E-state index in [1.54, 1.807) is 0 Å². The van der Waals surface area contributed by atoms with Crippen molar-refractivity contribution in [1.82, 2.24) is 4.98 Å². The molecule has 16 heavy (non-hydrogen) atoms. The molecule has 0 bridgehead atoms. The van der Waals surface area contributed by atoms with E-state index in [0.717, 1.165) is 11.4 Å². The highest BCUT2D eigenvalue weighted by Gasteiger charge is 2.01. The zero-order valence-electron chi connectivity index (χ0n) is 9.91. The molecule has 82 valence electrons. The van der Waals surface area contributed by atoms with Crippen molar-refractivity contribution in [2.75, 3.05) is 12.4 Å². The molecule has 0 radical (unpaired) electrons. The summed E-state index contributed by atoms with van der Waals surface area (Å²) in [5.41, 5.74) is 5.88. The first kappa shape index (κ1) is 10.7. The van der Waals surface area contributed by atoms with Gasteiger partial charge in [-0.15, -0.1) is 0 Å². The Hall–Kier alpha value is -1.83. The van der Waals surface area contributed by atoms with Gasteiger partial charge in [0.05, 0.1) is 5.69 Å². The third kappa shape index (κ3) is 2.06. The Labute approximate surface area is 96.4 Å². The topological polar surface area (TPSA) is 24.9 Å². The number of aromatic nitrogens is 1. The lowest BCUT2D eigenvalue weighted by Crippen LogP contribution is -1.91. The Balaban J connectivity index is 2.46. The van der Waals surface area contributed by atoms with Crippen LogP contribution in [0.3, 0.4) is 0 Å². The number of anilines is 1. The molecule has 0 spiro atoms. The van der Waals surface area contributed by atoms with E-state index in [-0.39, 0.29) is 0 Å². The van der Waals surface area contributed by atoms with Gasteiger partial charge in [-0.05, 0) is 43.2 Å². The van der Waals surface area contributed by atoms with Crippen LogP contribution < -0.4 is 5.32 Å². The van der Waals surface area contributed by atoms with E-state index in [2.05, 4.69) is 48.4 Å². The number of nitrogens with one attached hydrogen (secondary N) is 1. The van der Waals surface area contributed by atoms with Crippen molar-refractivity contribution in [3.8, 4) is 11.3 Å². The normalized spacial score (nSPS) is 10.2. The van der Waals surface area contributed by atoms with Crippen LogP contribution in [0.2, 0.25) is 0 Å². The first-order valence-corrected chi connectivity index (χ1v) is 5.42. The maximum atomic E-state index is 4.39. The molecular formula is C14H16N2. The number of rotatable bonds is 2. The molecule has 0 aliphatic rings. The standard InChI is InChI=1S/C14H16N2/c1-10-4-5-12(8-11(10)2)14-9-13(15-3)6-7-16-14/h4-9H,1-3H3,(H,15,16). The zero-order chi connectivity index (χ0) is 11.5. The van der Waals surface area contributed by atoms with Crippen LogP contribution in [-0.4, -0.2) is 12.0 Å². The highest BCUT2D eigenvalue weighted by atomic mass is 14.8. The average Bonchev–Trinajstić information content (AvgIpc) is 2.33. The SMILES string of the molecule is CNc1ccnc(-c2ccc(C)c(C)c2)c1. The van der Waals surface area contributed by atoms with Crippen LogP contribution in [0.5, 0.6) is 0 Å². The van der Waals surface area contributed by atoms with Gasteiger partial charge in [0.25, 0.3) is 0 Å². The smallest absolute Gasteiger partial charge is 0.0722 e. The summed E-state index contributed by atoms with van der Waals surface area (Å²) < 4.78 is 0. The highest BCUT2D eigenvalue weighted by molar-refractivity contribution is 5.65. The van der Waals surface area contributed by atoms with Crippen LogP contribution >= 0.6 is 0 Å². The molecule has 2 nitrogen and oxygen atoms in total. The van der Waals surface area contributed by atoms with Gasteiger partial charge in [-0.2, -0.15) is 0 Å². The van der Waals surface area contributed by atoms with Crippen LogP contribution in [0.15, 0.2) is 36.5 Å². The molecular weight excluding hydrogens is 196 g/mol. The minimum Gasteiger partial charge on any atom is -0.388 e. The van der Waals surface area contributed by atoms with Crippen molar-refractivity contribution in [1.29, 1.82) is 0 Å². The summed E-state index contributed by atoms with van der Waals surface area (Å²) in [6.45, 7) is 4.25. The van der Waals surface area contributed by atoms with Crippen LogP contribution in [0.25, 0.3) is 11.3 Å². The van der Waals surface area contributed by atoms with Gasteiger partial charge in [-0.1, -0.05) is 12.1 Å². The molecule has 1 aromatic carbocycles. The number of pyridine rings is 1. The summed E-state index contributed by atoms with van der Waals surface area (Å²) in [5, 5.41) is 3.12. The van der Waals surface area contributed by atoms with Crippen molar-refractivity contribution in [3.05, 3.63) is 47.7 Å². The van der Waals surface area contributed by atoms with E-state index < -0.39 is 0 Å². The Morgan fingerprint density at radius 3 is 2.50 bits per heavy atom. The summed E-state index contributed by atoms with van der Waals surface area (Å²) >= 11 is 0. The number of aryl methyl sites for hydroxylation is 2. The van der Waals surface area contributed by atoms with Gasteiger partial charge in [0.1, 0.15) is 0 Å². The number of hydrogen-bond donors (Lipinski definition) is 1. The molecule has 0 aliphatic carbocycles. The van der Waals surface area contributed by atoms with Crippen LogP contribution in [0.1, 0.15) is 11.1 Å². The van der Waals surface area contributed by atoms with Gasteiger partial charge in [0, 0.05) is 24.5 Å². The summed E-state index contributed by atoms with van der Waals surface area (Å²) in [5.74, 6) is 0. The van der Waals surface area contributed by atoms with Crippen LogP contribution in [0.4, 0.5) is 5.69 Å². The maximum absolute atomic E-state index is 4.39. The fourth-order valence-corrected chi connectivity index (χ4v) is 1.64. The molecule has 1 heterocycles. The fourth-order valence-electron chi connectivity index (χ4n) is 1.64. The van der Waals surface area contributed by atoms with Gasteiger partial charge in [0.2, 0.25) is 0 Å². The predicted octanol–water partition coefficient (Wildman–Crippen LogP) is 3.41. The molecule has 0 amide bonds. The maximum Gasteiger partial charge on any atom is 0.0722 e. The van der Waals surface area contributed by atoms with Crippen LogP contribution in [-0.2, 0) is 0 Å². The lowest BCUT2D eigenvalue weighted by molar-refractivity contribution is 1.29. The molecule has 0 aliphatic heterocycles. The van der Waals surface area contributed by atoms with Gasteiger partial charge in [-0.3, -0.25) is 4.98 Å². The second-order valence-electron chi connectivity index (χ2n) is 3.98. The van der Waals surface area contributed by atoms with Crippen molar-refractivity contribution >= 4 is 5.69 Å². The highest BCUT2D eigenvalue weighted by Crippen LogP contribution is 2.22. The first-order valence-electron chi connectivity index (χ1n) is 5.42. The largest absolute Gasteiger partial charge is 0.388 e. The van der Waals surface area contributed by atoms with Gasteiger partial charge >= 0.3 is 0 Å². The van der Waals surface area contributed by atoms with E-state index in [0.29, 0.717) is 0 Å². The monoisotopic (exact) mass is 212 g/mol. The molecule has 2 rings (SSSR count). The molecule has 0 saturated carbocycles. The summed E-state index contributed by atoms with van der Waals surface area (Å²) in [4.78, 5) is 4.39. The van der Waals surface area contributed by atoms with Crippen molar-refractivity contribution in [2.45, 2.75) is 13.8 Å². The summed E-state index contributed by atoms with van der Waals surface area (Å²) in [6.07, 6.45) is 1.83. The lowest BCUT2D eigenvalue weighted by Gasteiger charge is -2.06. The van der Waals surface area contributed by atoms with E-state index in [1.165, 1.54) is 16.7 Å². The third-order valence-electron chi connectivity index (χ3n) is 2.85. The molecule has 1 aromatic heterocycles. The second-order valence-corrected chi connectivity index (χ2v) is 3.98. The van der Waals surface area contributed by atoms with E-state index in [4.69, 9.17) is 0 Å². The van der Waals surface area contributed by atoms with E-state index in [9.17, 15) is 0 Å². The minimum atomic E-state index is 1.01. The third-order valence-corrected chi connectivity index (χ3v) is 2.85. The number of hydrogen-bond acceptors (Lipinski definition) is 2. The Morgan fingerprint density at radius 1 is 1.00 bits per heavy atom. The first-order chi connectivity index (χ1) is 7.70. The van der Waals surface area contributed by atoms with E-state index in [1.807, 2.05) is 19.3 Å². The van der Waals surface area contributed by atoms with Crippen molar-refractivity contribution < 1.29 is 0 Å². The Kier molecular flexibility index (Phi) is 2.91. The van der Waals surface area contributed by atoms with Gasteiger partial charge in [0.15, 0.2) is 0 Å². The molecule has 1 N–H and O–H groups in total. The molecule has 2 aromatic rings. The fraction of sp³-hybridized carbons (Fsp3) is 0.214. The summed E-state index contributed by atoms with van der Waals surface area (Å²) in [7, 11) is 1.92. The Morgan fingerprint density at radius 2 is 1.81 bits per heavy atom. The lowest BCUT2D eigenvalue weighted by atomic mass is 10.0. The minimum absolute atomic E-state index is 1.01. The molecule has 0 atom stereocenters. The molecule has 0 fully saturated rings. The van der Waals surface area contributed by atoms with Crippen molar-refractivity contribution in [3.63, 3.8) is 0 Å². The van der Waals surface area contributed by atoms with E-state index >= 15 is 0 Å². The molecule has 0 unspecified atom stereocenters. The quantitative estimate of drug-likeness (QED) is 0.825. The van der Waals surface area contributed by atoms with Crippen LogP contribution in [0, 0.1) is 13.8 Å². The van der Waals surface area contributed by atoms with Crippen molar-refractivity contribution in [2.24, 2.45) is 0 Å². The predicted molar refractivity (Wildman–Crippen MR) is 68.7 cm³/mol. The van der Waals surface area contributed by atoms with Gasteiger partial charge in [-0.25, -0.2) is 0 Å². The second kappa shape index (κ2) is 4.35. The average molecular weight is 212 g/mol. The molecule has 0 saturated heterocycles. The number of nitrogens with zero attached hydrogens (tertiary/aromatic N) is 1. The Bertz CT molecular complexity index is 504. The van der Waals surface area contributed by atoms with Gasteiger partial charge < -0.3 is 5.32 Å². The zero-order valence-corrected chi connectivity index (χ0v) is 9.91.